The minimum absolute atomic E-state index is 0.108. The molecule has 0 saturated heterocycles. The molecule has 0 aliphatic carbocycles. The maximum absolute atomic E-state index is 11.1. The van der Waals surface area contributed by atoms with Gasteiger partial charge in [0, 0.05) is 12.1 Å². The third-order valence-corrected chi connectivity index (χ3v) is 2.88. The Balaban J connectivity index is 2.48. The van der Waals surface area contributed by atoms with Crippen LogP contribution in [-0.4, -0.2) is 16.0 Å². The molecule has 0 spiro atoms. The van der Waals surface area contributed by atoms with Gasteiger partial charge in [-0.1, -0.05) is 6.07 Å². The summed E-state index contributed by atoms with van der Waals surface area (Å²) in [6.07, 6.45) is 1.06. The smallest absolute Gasteiger partial charge is 0.346 e. The number of nitro groups is 1. The fourth-order valence-corrected chi connectivity index (χ4v) is 1.86. The summed E-state index contributed by atoms with van der Waals surface area (Å²) in [6, 6.07) is 9.15. The molecule has 0 bridgehead atoms. The Morgan fingerprint density at radius 1 is 1.41 bits per heavy atom. The number of furan rings is 1. The second-order valence-electron chi connectivity index (χ2n) is 4.45. The first-order valence-electron chi connectivity index (χ1n) is 6.12. The SMILES string of the molecule is Cc1ccc(-c2ccc(/C=C(\C#N)C(=O)O)o2)c([N+](=O)[O-])c1. The van der Waals surface area contributed by atoms with Crippen molar-refractivity contribution in [1.29, 1.82) is 5.26 Å². The maximum atomic E-state index is 11.1. The van der Waals surface area contributed by atoms with Crippen molar-refractivity contribution in [3.63, 3.8) is 0 Å². The number of carboxylic acid groups (broad SMARTS) is 1. The molecule has 1 aromatic carbocycles. The number of nitriles is 1. The number of carboxylic acids is 1. The first-order chi connectivity index (χ1) is 10.4. The minimum Gasteiger partial charge on any atom is -0.477 e. The summed E-state index contributed by atoms with van der Waals surface area (Å²) in [7, 11) is 0. The van der Waals surface area contributed by atoms with E-state index in [0.717, 1.165) is 11.6 Å². The van der Waals surface area contributed by atoms with Gasteiger partial charge in [-0.25, -0.2) is 4.79 Å². The van der Waals surface area contributed by atoms with Gasteiger partial charge in [0.2, 0.25) is 0 Å². The van der Waals surface area contributed by atoms with Gasteiger partial charge in [0.05, 0.1) is 10.5 Å². The van der Waals surface area contributed by atoms with E-state index in [4.69, 9.17) is 14.8 Å². The Kier molecular flexibility index (Phi) is 4.04. The molecule has 0 atom stereocenters. The van der Waals surface area contributed by atoms with Crippen LogP contribution in [0.1, 0.15) is 11.3 Å². The number of carbonyl (C=O) groups is 1. The third kappa shape index (κ3) is 3.02. The van der Waals surface area contributed by atoms with Gasteiger partial charge in [0.25, 0.3) is 5.69 Å². The van der Waals surface area contributed by atoms with E-state index in [-0.39, 0.29) is 22.8 Å². The zero-order valence-corrected chi connectivity index (χ0v) is 11.4. The van der Waals surface area contributed by atoms with E-state index in [0.29, 0.717) is 0 Å². The Bertz CT molecular complexity index is 827. The van der Waals surface area contributed by atoms with E-state index in [9.17, 15) is 14.9 Å². The van der Waals surface area contributed by atoms with Gasteiger partial charge in [-0.2, -0.15) is 5.26 Å². The summed E-state index contributed by atoms with van der Waals surface area (Å²) in [5, 5.41) is 28.6. The monoisotopic (exact) mass is 298 g/mol. The van der Waals surface area contributed by atoms with Crippen molar-refractivity contribution in [2.75, 3.05) is 0 Å². The highest BCUT2D eigenvalue weighted by molar-refractivity contribution is 5.96. The molecule has 7 nitrogen and oxygen atoms in total. The van der Waals surface area contributed by atoms with Crippen molar-refractivity contribution >= 4 is 17.7 Å². The Morgan fingerprint density at radius 3 is 2.73 bits per heavy atom. The summed E-state index contributed by atoms with van der Waals surface area (Å²) in [6.45, 7) is 1.74. The summed E-state index contributed by atoms with van der Waals surface area (Å²) in [5.41, 5.74) is 0.423. The number of aliphatic carboxylic acids is 1. The fourth-order valence-electron chi connectivity index (χ4n) is 1.86. The normalized spacial score (nSPS) is 11.0. The number of benzene rings is 1. The lowest BCUT2D eigenvalue weighted by Gasteiger charge is -2.01. The van der Waals surface area contributed by atoms with Crippen molar-refractivity contribution in [2.24, 2.45) is 0 Å². The van der Waals surface area contributed by atoms with Crippen LogP contribution in [0.3, 0.4) is 0 Å². The van der Waals surface area contributed by atoms with E-state index < -0.39 is 16.5 Å². The standard InChI is InChI=1S/C15H10N2O5/c1-9-2-4-12(13(6-9)17(20)21)14-5-3-11(22-14)7-10(8-16)15(18)19/h2-7H,1H3,(H,18,19)/b10-7+. The van der Waals surface area contributed by atoms with Crippen LogP contribution < -0.4 is 0 Å². The Labute approximate surface area is 124 Å². The van der Waals surface area contributed by atoms with Crippen molar-refractivity contribution in [1.82, 2.24) is 0 Å². The number of hydrogen-bond acceptors (Lipinski definition) is 5. The van der Waals surface area contributed by atoms with Crippen LogP contribution in [0.2, 0.25) is 0 Å². The predicted molar refractivity (Wildman–Crippen MR) is 76.8 cm³/mol. The predicted octanol–water partition coefficient (Wildman–Crippen LogP) is 3.15. The first kappa shape index (κ1) is 15.0. The molecular weight excluding hydrogens is 288 g/mol. The fraction of sp³-hybridized carbons (Fsp3) is 0.0667. The molecule has 2 rings (SSSR count). The van der Waals surface area contributed by atoms with Crippen LogP contribution in [-0.2, 0) is 4.79 Å². The lowest BCUT2D eigenvalue weighted by atomic mass is 10.1. The summed E-state index contributed by atoms with van der Waals surface area (Å²) in [4.78, 5) is 21.4. The summed E-state index contributed by atoms with van der Waals surface area (Å²) >= 11 is 0. The average Bonchev–Trinajstić information content (AvgIpc) is 2.92. The van der Waals surface area contributed by atoms with Crippen molar-refractivity contribution in [2.45, 2.75) is 6.92 Å². The van der Waals surface area contributed by atoms with Gasteiger partial charge in [0.15, 0.2) is 0 Å². The molecule has 7 heteroatoms. The molecule has 0 unspecified atom stereocenters. The molecule has 1 heterocycles. The van der Waals surface area contributed by atoms with E-state index in [2.05, 4.69) is 0 Å². The van der Waals surface area contributed by atoms with Crippen LogP contribution in [0.15, 0.2) is 40.3 Å². The largest absolute Gasteiger partial charge is 0.477 e. The zero-order valence-electron chi connectivity index (χ0n) is 11.4. The first-order valence-corrected chi connectivity index (χ1v) is 6.12. The highest BCUT2D eigenvalue weighted by atomic mass is 16.6. The summed E-state index contributed by atoms with van der Waals surface area (Å²) < 4.78 is 5.39. The van der Waals surface area contributed by atoms with Gasteiger partial charge < -0.3 is 9.52 Å². The molecule has 0 aliphatic heterocycles. The van der Waals surface area contributed by atoms with Crippen LogP contribution in [0.4, 0.5) is 5.69 Å². The minimum atomic E-state index is -1.37. The topological polar surface area (TPSA) is 117 Å². The quantitative estimate of drug-likeness (QED) is 0.401. The Hall–Kier alpha value is -3.40. The second-order valence-corrected chi connectivity index (χ2v) is 4.45. The molecule has 1 aromatic heterocycles. The molecule has 0 radical (unpaired) electrons. The highest BCUT2D eigenvalue weighted by Gasteiger charge is 2.18. The molecule has 0 saturated carbocycles. The van der Waals surface area contributed by atoms with Gasteiger partial charge in [0.1, 0.15) is 23.2 Å². The molecule has 22 heavy (non-hydrogen) atoms. The Morgan fingerprint density at radius 2 is 2.14 bits per heavy atom. The zero-order chi connectivity index (χ0) is 16.3. The molecule has 1 N–H and O–H groups in total. The average molecular weight is 298 g/mol. The van der Waals surface area contributed by atoms with E-state index in [1.165, 1.54) is 24.3 Å². The van der Waals surface area contributed by atoms with Gasteiger partial charge in [-0.15, -0.1) is 0 Å². The number of rotatable bonds is 4. The van der Waals surface area contributed by atoms with Crippen LogP contribution in [0.5, 0.6) is 0 Å². The number of nitrogens with zero attached hydrogens (tertiary/aromatic N) is 2. The van der Waals surface area contributed by atoms with Crippen LogP contribution >= 0.6 is 0 Å². The van der Waals surface area contributed by atoms with Crippen molar-refractivity contribution in [3.05, 3.63) is 57.3 Å². The summed E-state index contributed by atoms with van der Waals surface area (Å²) in [5.74, 6) is -1.02. The van der Waals surface area contributed by atoms with E-state index in [1.807, 2.05) is 0 Å². The van der Waals surface area contributed by atoms with Crippen LogP contribution in [0.25, 0.3) is 17.4 Å². The maximum Gasteiger partial charge on any atom is 0.346 e. The lowest BCUT2D eigenvalue weighted by Crippen LogP contribution is -1.96. The molecule has 0 amide bonds. The molecule has 110 valence electrons. The number of aryl methyl sites for hydroxylation is 1. The highest BCUT2D eigenvalue weighted by Crippen LogP contribution is 2.32. The molecule has 2 aromatic rings. The number of hydrogen-bond donors (Lipinski definition) is 1. The van der Waals surface area contributed by atoms with Crippen LogP contribution in [0, 0.1) is 28.4 Å². The second kappa shape index (κ2) is 5.93. The molecular formula is C15H10N2O5. The van der Waals surface area contributed by atoms with Gasteiger partial charge in [-0.3, -0.25) is 10.1 Å². The molecule has 0 aliphatic rings. The van der Waals surface area contributed by atoms with Crippen molar-refractivity contribution in [3.8, 4) is 17.4 Å². The lowest BCUT2D eigenvalue weighted by molar-refractivity contribution is -0.384. The van der Waals surface area contributed by atoms with Crippen molar-refractivity contribution < 1.29 is 19.2 Å². The van der Waals surface area contributed by atoms with E-state index in [1.54, 1.807) is 19.1 Å². The molecule has 0 fully saturated rings. The number of nitro benzene ring substituents is 1. The third-order valence-electron chi connectivity index (χ3n) is 2.88. The van der Waals surface area contributed by atoms with Gasteiger partial charge >= 0.3 is 5.97 Å². The van der Waals surface area contributed by atoms with E-state index >= 15 is 0 Å². The van der Waals surface area contributed by atoms with Gasteiger partial charge in [-0.05, 0) is 30.7 Å².